The van der Waals surface area contributed by atoms with Crippen LogP contribution in [0.3, 0.4) is 0 Å². The molecule has 0 aromatic heterocycles. The third-order valence-corrected chi connectivity index (χ3v) is 2.86. The van der Waals surface area contributed by atoms with Crippen LogP contribution in [0, 0.1) is 12.7 Å². The summed E-state index contributed by atoms with van der Waals surface area (Å²) in [4.78, 5) is 10.8. The number of hydrogen-bond donors (Lipinski definition) is 2. The maximum absolute atomic E-state index is 13.7. The Morgan fingerprint density at radius 1 is 1.16 bits per heavy atom. The Bertz CT molecular complexity index is 611. The summed E-state index contributed by atoms with van der Waals surface area (Å²) in [5, 5.41) is 11.9. The number of anilines is 2. The summed E-state index contributed by atoms with van der Waals surface area (Å²) in [5.41, 5.74) is 2.49. The van der Waals surface area contributed by atoms with Gasteiger partial charge in [0.05, 0.1) is 6.42 Å². The highest BCUT2D eigenvalue weighted by Gasteiger charge is 2.12. The maximum atomic E-state index is 13.7. The molecule has 0 aliphatic heterocycles. The van der Waals surface area contributed by atoms with Crippen LogP contribution in [-0.2, 0) is 11.2 Å². The van der Waals surface area contributed by atoms with Crippen LogP contribution in [0.15, 0.2) is 42.5 Å². The average Bonchev–Trinajstić information content (AvgIpc) is 2.36. The Hall–Kier alpha value is -2.36. The lowest BCUT2D eigenvalue weighted by Gasteiger charge is -2.13. The van der Waals surface area contributed by atoms with Gasteiger partial charge in [0.2, 0.25) is 0 Å². The normalized spacial score (nSPS) is 10.2. The molecule has 2 aromatic carbocycles. The second kappa shape index (κ2) is 5.52. The number of benzene rings is 2. The van der Waals surface area contributed by atoms with Gasteiger partial charge in [-0.1, -0.05) is 24.3 Å². The van der Waals surface area contributed by atoms with Gasteiger partial charge in [0.15, 0.2) is 0 Å². The third kappa shape index (κ3) is 3.10. The van der Waals surface area contributed by atoms with Crippen LogP contribution >= 0.6 is 0 Å². The predicted molar refractivity (Wildman–Crippen MR) is 72.2 cm³/mol. The molecule has 0 spiro atoms. The largest absolute Gasteiger partial charge is 0.481 e. The first-order chi connectivity index (χ1) is 9.08. The van der Waals surface area contributed by atoms with E-state index < -0.39 is 11.8 Å². The fourth-order valence-electron chi connectivity index (χ4n) is 1.86. The molecule has 0 saturated carbocycles. The van der Waals surface area contributed by atoms with Crippen molar-refractivity contribution in [2.45, 2.75) is 13.3 Å². The molecule has 0 aliphatic carbocycles. The minimum Gasteiger partial charge on any atom is -0.481 e. The van der Waals surface area contributed by atoms with Crippen molar-refractivity contribution in [3.05, 3.63) is 59.4 Å². The van der Waals surface area contributed by atoms with Crippen molar-refractivity contribution in [3.8, 4) is 0 Å². The summed E-state index contributed by atoms with van der Waals surface area (Å²) in [5.74, 6) is -1.57. The van der Waals surface area contributed by atoms with E-state index in [1.807, 2.05) is 31.2 Å². The number of rotatable bonds is 4. The summed E-state index contributed by atoms with van der Waals surface area (Å²) in [7, 11) is 0. The number of para-hydroxylation sites is 1. The summed E-state index contributed by atoms with van der Waals surface area (Å²) in [6, 6.07) is 12.1. The van der Waals surface area contributed by atoms with Crippen molar-refractivity contribution in [2.24, 2.45) is 0 Å². The van der Waals surface area contributed by atoms with Gasteiger partial charge in [0.25, 0.3) is 0 Å². The number of carboxylic acids is 1. The SMILES string of the molecule is Cc1ccccc1Nc1cccc(F)c1CC(=O)O. The van der Waals surface area contributed by atoms with Crippen molar-refractivity contribution in [3.63, 3.8) is 0 Å². The minimum atomic E-state index is -1.06. The number of carbonyl (C=O) groups is 1. The average molecular weight is 259 g/mol. The lowest BCUT2D eigenvalue weighted by Crippen LogP contribution is -2.06. The number of nitrogens with one attached hydrogen (secondary N) is 1. The molecule has 98 valence electrons. The van der Waals surface area contributed by atoms with E-state index in [4.69, 9.17) is 5.11 Å². The highest BCUT2D eigenvalue weighted by atomic mass is 19.1. The zero-order valence-corrected chi connectivity index (χ0v) is 10.5. The first-order valence-corrected chi connectivity index (χ1v) is 5.90. The zero-order valence-electron chi connectivity index (χ0n) is 10.5. The minimum absolute atomic E-state index is 0.165. The number of halogens is 1. The number of carboxylic acid groups (broad SMARTS) is 1. The summed E-state index contributed by atoms with van der Waals surface area (Å²) < 4.78 is 13.7. The Kier molecular flexibility index (Phi) is 3.80. The molecule has 0 bridgehead atoms. The molecule has 0 unspecified atom stereocenters. The number of hydrogen-bond acceptors (Lipinski definition) is 2. The molecule has 0 aliphatic rings. The van der Waals surface area contributed by atoms with Gasteiger partial charge in [-0.2, -0.15) is 0 Å². The molecule has 2 N–H and O–H groups in total. The number of aryl methyl sites for hydroxylation is 1. The van der Waals surface area contributed by atoms with Crippen molar-refractivity contribution >= 4 is 17.3 Å². The van der Waals surface area contributed by atoms with Gasteiger partial charge in [-0.05, 0) is 30.7 Å². The van der Waals surface area contributed by atoms with Gasteiger partial charge in [-0.3, -0.25) is 4.79 Å². The van der Waals surface area contributed by atoms with E-state index in [-0.39, 0.29) is 12.0 Å². The molecule has 0 radical (unpaired) electrons. The molecule has 0 heterocycles. The van der Waals surface area contributed by atoms with Crippen molar-refractivity contribution in [2.75, 3.05) is 5.32 Å². The van der Waals surface area contributed by atoms with Gasteiger partial charge in [0.1, 0.15) is 5.82 Å². The molecule has 2 aromatic rings. The lowest BCUT2D eigenvalue weighted by atomic mass is 10.1. The second-order valence-electron chi connectivity index (χ2n) is 4.28. The van der Waals surface area contributed by atoms with Crippen LogP contribution in [-0.4, -0.2) is 11.1 Å². The molecule has 2 rings (SSSR count). The Morgan fingerprint density at radius 2 is 1.84 bits per heavy atom. The van der Waals surface area contributed by atoms with E-state index in [1.54, 1.807) is 12.1 Å². The van der Waals surface area contributed by atoms with E-state index in [9.17, 15) is 9.18 Å². The second-order valence-corrected chi connectivity index (χ2v) is 4.28. The van der Waals surface area contributed by atoms with Gasteiger partial charge < -0.3 is 10.4 Å². The topological polar surface area (TPSA) is 49.3 Å². The zero-order chi connectivity index (χ0) is 13.8. The van der Waals surface area contributed by atoms with Gasteiger partial charge >= 0.3 is 5.97 Å². The van der Waals surface area contributed by atoms with Crippen LogP contribution in [0.25, 0.3) is 0 Å². The third-order valence-electron chi connectivity index (χ3n) is 2.86. The molecular weight excluding hydrogens is 245 g/mol. The summed E-state index contributed by atoms with van der Waals surface area (Å²) >= 11 is 0. The Balaban J connectivity index is 2.37. The molecule has 19 heavy (non-hydrogen) atoms. The van der Waals surface area contributed by atoms with E-state index in [0.717, 1.165) is 11.3 Å². The van der Waals surface area contributed by atoms with Crippen LogP contribution in [0.5, 0.6) is 0 Å². The fraction of sp³-hybridized carbons (Fsp3) is 0.133. The van der Waals surface area contributed by atoms with E-state index in [1.165, 1.54) is 6.07 Å². The summed E-state index contributed by atoms with van der Waals surface area (Å²) in [6.45, 7) is 1.93. The Labute approximate surface area is 110 Å². The highest BCUT2D eigenvalue weighted by molar-refractivity contribution is 5.75. The fourth-order valence-corrected chi connectivity index (χ4v) is 1.86. The van der Waals surface area contributed by atoms with Gasteiger partial charge in [0, 0.05) is 16.9 Å². The smallest absolute Gasteiger partial charge is 0.308 e. The van der Waals surface area contributed by atoms with Crippen LogP contribution in [0.2, 0.25) is 0 Å². The van der Waals surface area contributed by atoms with Gasteiger partial charge in [-0.25, -0.2) is 4.39 Å². The first kappa shape index (κ1) is 13.1. The van der Waals surface area contributed by atoms with E-state index >= 15 is 0 Å². The predicted octanol–water partition coefficient (Wildman–Crippen LogP) is 3.50. The molecule has 0 atom stereocenters. The van der Waals surface area contributed by atoms with Crippen molar-refractivity contribution < 1.29 is 14.3 Å². The standard InChI is InChI=1S/C15H14FNO2/c1-10-5-2-3-7-13(10)17-14-8-4-6-12(16)11(14)9-15(18)19/h2-8,17H,9H2,1H3,(H,18,19). The molecule has 0 fully saturated rings. The molecule has 4 heteroatoms. The van der Waals surface area contributed by atoms with Crippen LogP contribution in [0.1, 0.15) is 11.1 Å². The monoisotopic (exact) mass is 259 g/mol. The molecule has 3 nitrogen and oxygen atoms in total. The van der Waals surface area contributed by atoms with E-state index in [0.29, 0.717) is 5.69 Å². The van der Waals surface area contributed by atoms with Crippen LogP contribution in [0.4, 0.5) is 15.8 Å². The van der Waals surface area contributed by atoms with Crippen molar-refractivity contribution in [1.82, 2.24) is 0 Å². The quantitative estimate of drug-likeness (QED) is 0.883. The lowest BCUT2D eigenvalue weighted by molar-refractivity contribution is -0.136. The highest BCUT2D eigenvalue weighted by Crippen LogP contribution is 2.25. The first-order valence-electron chi connectivity index (χ1n) is 5.90. The summed E-state index contributed by atoms with van der Waals surface area (Å²) in [6.07, 6.45) is -0.346. The van der Waals surface area contributed by atoms with E-state index in [2.05, 4.69) is 5.32 Å². The van der Waals surface area contributed by atoms with Crippen LogP contribution < -0.4 is 5.32 Å². The molecular formula is C15H14FNO2. The molecule has 0 saturated heterocycles. The maximum Gasteiger partial charge on any atom is 0.308 e. The Morgan fingerprint density at radius 3 is 2.53 bits per heavy atom. The molecule has 0 amide bonds. The van der Waals surface area contributed by atoms with Gasteiger partial charge in [-0.15, -0.1) is 0 Å². The van der Waals surface area contributed by atoms with Crippen molar-refractivity contribution in [1.29, 1.82) is 0 Å². The number of aliphatic carboxylic acids is 1.